The summed E-state index contributed by atoms with van der Waals surface area (Å²) in [4.78, 5) is 10.4. The van der Waals surface area contributed by atoms with E-state index in [1.54, 1.807) is 0 Å². The van der Waals surface area contributed by atoms with Gasteiger partial charge in [-0.2, -0.15) is 0 Å². The summed E-state index contributed by atoms with van der Waals surface area (Å²) >= 11 is 0. The van der Waals surface area contributed by atoms with Gasteiger partial charge in [0.1, 0.15) is 12.4 Å². The standard InChI is InChI=1S/C12H12F2O3/c13-8-4-7(6-15)5-9(14)12(8)17-11-3-1-2-10(11)16/h4-6,10-11,16H,1-3H2. The second kappa shape index (κ2) is 4.79. The first kappa shape index (κ1) is 12.0. The lowest BCUT2D eigenvalue weighted by Crippen LogP contribution is -2.26. The highest BCUT2D eigenvalue weighted by Crippen LogP contribution is 2.29. The summed E-state index contributed by atoms with van der Waals surface area (Å²) in [5.41, 5.74) is -0.0840. The van der Waals surface area contributed by atoms with Crippen LogP contribution in [0.1, 0.15) is 29.6 Å². The number of aliphatic hydroxyl groups excluding tert-OH is 1. The van der Waals surface area contributed by atoms with E-state index >= 15 is 0 Å². The number of carbonyl (C=O) groups is 1. The van der Waals surface area contributed by atoms with Crippen LogP contribution in [0.3, 0.4) is 0 Å². The number of ether oxygens (including phenoxy) is 1. The monoisotopic (exact) mass is 242 g/mol. The van der Waals surface area contributed by atoms with Crippen molar-refractivity contribution in [2.75, 3.05) is 0 Å². The van der Waals surface area contributed by atoms with E-state index in [0.29, 0.717) is 19.1 Å². The Kier molecular flexibility index (Phi) is 3.38. The fourth-order valence-electron chi connectivity index (χ4n) is 1.96. The number of aliphatic hydroxyl groups is 1. The predicted octanol–water partition coefficient (Wildman–Crippen LogP) is 2.07. The number of carbonyl (C=O) groups excluding carboxylic acids is 1. The molecule has 0 aromatic heterocycles. The Morgan fingerprint density at radius 3 is 2.41 bits per heavy atom. The fraction of sp³-hybridized carbons (Fsp3) is 0.417. The Morgan fingerprint density at radius 2 is 1.94 bits per heavy atom. The summed E-state index contributed by atoms with van der Waals surface area (Å²) in [6.45, 7) is 0. The molecule has 1 aromatic rings. The topological polar surface area (TPSA) is 46.5 Å². The van der Waals surface area contributed by atoms with Crippen molar-refractivity contribution < 1.29 is 23.4 Å². The van der Waals surface area contributed by atoms with Crippen molar-refractivity contribution in [1.82, 2.24) is 0 Å². The highest BCUT2D eigenvalue weighted by atomic mass is 19.1. The number of rotatable bonds is 3. The van der Waals surface area contributed by atoms with Gasteiger partial charge in [0.25, 0.3) is 0 Å². The SMILES string of the molecule is O=Cc1cc(F)c(OC2CCCC2O)c(F)c1. The van der Waals surface area contributed by atoms with Gasteiger partial charge in [-0.1, -0.05) is 0 Å². The van der Waals surface area contributed by atoms with E-state index in [4.69, 9.17) is 4.74 Å². The molecule has 92 valence electrons. The molecule has 0 bridgehead atoms. The highest BCUT2D eigenvalue weighted by Gasteiger charge is 2.29. The zero-order chi connectivity index (χ0) is 12.4. The number of hydrogen-bond acceptors (Lipinski definition) is 3. The van der Waals surface area contributed by atoms with E-state index in [2.05, 4.69) is 0 Å². The van der Waals surface area contributed by atoms with Gasteiger partial charge >= 0.3 is 0 Å². The minimum Gasteiger partial charge on any atom is -0.482 e. The summed E-state index contributed by atoms with van der Waals surface area (Å²) in [5, 5.41) is 9.51. The molecule has 5 heteroatoms. The lowest BCUT2D eigenvalue weighted by Gasteiger charge is -2.18. The molecule has 0 radical (unpaired) electrons. The number of benzene rings is 1. The summed E-state index contributed by atoms with van der Waals surface area (Å²) < 4.78 is 32.1. The number of aldehydes is 1. The van der Waals surface area contributed by atoms with Crippen LogP contribution in [0.5, 0.6) is 5.75 Å². The van der Waals surface area contributed by atoms with Gasteiger partial charge < -0.3 is 9.84 Å². The molecule has 0 spiro atoms. The minimum atomic E-state index is -0.925. The molecule has 0 saturated heterocycles. The molecular formula is C12H12F2O3. The fourth-order valence-corrected chi connectivity index (χ4v) is 1.96. The number of halogens is 2. The van der Waals surface area contributed by atoms with Gasteiger partial charge in [0.15, 0.2) is 17.4 Å². The van der Waals surface area contributed by atoms with E-state index in [0.717, 1.165) is 18.6 Å². The molecule has 17 heavy (non-hydrogen) atoms. The van der Waals surface area contributed by atoms with Crippen LogP contribution < -0.4 is 4.74 Å². The molecule has 1 saturated carbocycles. The third-order valence-electron chi connectivity index (χ3n) is 2.84. The molecule has 1 aliphatic rings. The Morgan fingerprint density at radius 1 is 1.29 bits per heavy atom. The van der Waals surface area contributed by atoms with Crippen LogP contribution in [0.15, 0.2) is 12.1 Å². The Bertz CT molecular complexity index is 411. The normalized spacial score (nSPS) is 23.7. The molecule has 0 heterocycles. The van der Waals surface area contributed by atoms with Crippen LogP contribution in [0.4, 0.5) is 8.78 Å². The van der Waals surface area contributed by atoms with Gasteiger partial charge in [0.05, 0.1) is 6.10 Å². The molecular weight excluding hydrogens is 230 g/mol. The largest absolute Gasteiger partial charge is 0.482 e. The number of hydrogen-bond donors (Lipinski definition) is 1. The molecule has 2 atom stereocenters. The van der Waals surface area contributed by atoms with Crippen LogP contribution in [0.2, 0.25) is 0 Å². The first-order valence-electron chi connectivity index (χ1n) is 5.40. The zero-order valence-electron chi connectivity index (χ0n) is 9.03. The molecule has 0 aliphatic heterocycles. The van der Waals surface area contributed by atoms with E-state index < -0.39 is 29.6 Å². The van der Waals surface area contributed by atoms with E-state index in [9.17, 15) is 18.7 Å². The summed E-state index contributed by atoms with van der Waals surface area (Å²) in [5.74, 6) is -2.38. The van der Waals surface area contributed by atoms with Gasteiger partial charge in [-0.25, -0.2) is 8.78 Å². The Balaban J connectivity index is 2.23. The van der Waals surface area contributed by atoms with Crippen molar-refractivity contribution in [3.05, 3.63) is 29.3 Å². The average Bonchev–Trinajstić information content (AvgIpc) is 2.69. The van der Waals surface area contributed by atoms with Crippen LogP contribution in [-0.2, 0) is 0 Å². The van der Waals surface area contributed by atoms with E-state index in [1.165, 1.54) is 0 Å². The van der Waals surface area contributed by atoms with Crippen molar-refractivity contribution >= 4 is 6.29 Å². The predicted molar refractivity (Wildman–Crippen MR) is 56.0 cm³/mol. The third-order valence-corrected chi connectivity index (χ3v) is 2.84. The van der Waals surface area contributed by atoms with Crippen molar-refractivity contribution in [2.45, 2.75) is 31.5 Å². The maximum atomic E-state index is 13.5. The molecule has 1 fully saturated rings. The van der Waals surface area contributed by atoms with Crippen LogP contribution >= 0.6 is 0 Å². The first-order chi connectivity index (χ1) is 8.11. The van der Waals surface area contributed by atoms with Crippen molar-refractivity contribution in [1.29, 1.82) is 0 Å². The second-order valence-electron chi connectivity index (χ2n) is 4.09. The van der Waals surface area contributed by atoms with Crippen LogP contribution in [0.25, 0.3) is 0 Å². The van der Waals surface area contributed by atoms with Crippen LogP contribution in [0, 0.1) is 11.6 Å². The Labute approximate surface area is 97.0 Å². The highest BCUT2D eigenvalue weighted by molar-refractivity contribution is 5.75. The van der Waals surface area contributed by atoms with Crippen molar-refractivity contribution in [3.8, 4) is 5.75 Å². The quantitative estimate of drug-likeness (QED) is 0.825. The summed E-state index contributed by atoms with van der Waals surface area (Å²) in [6.07, 6.45) is 0.984. The van der Waals surface area contributed by atoms with E-state index in [-0.39, 0.29) is 5.56 Å². The summed E-state index contributed by atoms with van der Waals surface area (Å²) in [6, 6.07) is 1.82. The molecule has 0 amide bonds. The van der Waals surface area contributed by atoms with Gasteiger partial charge in [0.2, 0.25) is 0 Å². The zero-order valence-corrected chi connectivity index (χ0v) is 9.03. The van der Waals surface area contributed by atoms with Gasteiger partial charge in [-0.05, 0) is 31.4 Å². The molecule has 1 aromatic carbocycles. The van der Waals surface area contributed by atoms with Crippen LogP contribution in [-0.4, -0.2) is 23.6 Å². The smallest absolute Gasteiger partial charge is 0.191 e. The maximum absolute atomic E-state index is 13.5. The molecule has 1 N–H and O–H groups in total. The van der Waals surface area contributed by atoms with E-state index in [1.807, 2.05) is 0 Å². The Hall–Kier alpha value is -1.49. The lowest BCUT2D eigenvalue weighted by molar-refractivity contribution is 0.0551. The van der Waals surface area contributed by atoms with Crippen molar-refractivity contribution in [2.24, 2.45) is 0 Å². The molecule has 3 nitrogen and oxygen atoms in total. The van der Waals surface area contributed by atoms with Gasteiger partial charge in [-0.3, -0.25) is 4.79 Å². The molecule has 1 aliphatic carbocycles. The molecule has 2 unspecified atom stereocenters. The second-order valence-corrected chi connectivity index (χ2v) is 4.09. The minimum absolute atomic E-state index is 0.0840. The van der Waals surface area contributed by atoms with Gasteiger partial charge in [0, 0.05) is 5.56 Å². The third kappa shape index (κ3) is 2.44. The average molecular weight is 242 g/mol. The van der Waals surface area contributed by atoms with Crippen molar-refractivity contribution in [3.63, 3.8) is 0 Å². The van der Waals surface area contributed by atoms with Gasteiger partial charge in [-0.15, -0.1) is 0 Å². The summed E-state index contributed by atoms with van der Waals surface area (Å²) in [7, 11) is 0. The first-order valence-corrected chi connectivity index (χ1v) is 5.40. The lowest BCUT2D eigenvalue weighted by atomic mass is 10.2. The maximum Gasteiger partial charge on any atom is 0.191 e. The molecule has 2 rings (SSSR count).